The Bertz CT molecular complexity index is 534. The molecule has 1 unspecified atom stereocenters. The lowest BCUT2D eigenvalue weighted by Crippen LogP contribution is -2.36. The minimum absolute atomic E-state index is 0.256. The summed E-state index contributed by atoms with van der Waals surface area (Å²) in [5.74, 6) is -0.601. The zero-order valence-electron chi connectivity index (χ0n) is 14.2. The van der Waals surface area contributed by atoms with E-state index in [1.54, 1.807) is 6.92 Å². The van der Waals surface area contributed by atoms with Gasteiger partial charge in [0.1, 0.15) is 5.60 Å². The van der Waals surface area contributed by atoms with Crippen LogP contribution in [0.4, 0.5) is 4.79 Å². The Morgan fingerprint density at radius 2 is 1.88 bits per heavy atom. The van der Waals surface area contributed by atoms with Crippen molar-refractivity contribution >= 4 is 12.1 Å². The molecule has 0 aromatic heterocycles. The van der Waals surface area contributed by atoms with Crippen LogP contribution in [0.1, 0.15) is 51.0 Å². The van der Waals surface area contributed by atoms with Crippen LogP contribution in [0.3, 0.4) is 0 Å². The third-order valence-corrected chi connectivity index (χ3v) is 4.68. The Kier molecular flexibility index (Phi) is 6.64. The molecule has 0 amide bonds. The highest BCUT2D eigenvalue weighted by molar-refractivity contribution is 5.72. The molecular weight excluding hydrogens is 308 g/mol. The maximum atomic E-state index is 12.4. The Morgan fingerprint density at radius 1 is 1.21 bits per heavy atom. The van der Waals surface area contributed by atoms with E-state index in [4.69, 9.17) is 14.6 Å². The van der Waals surface area contributed by atoms with E-state index in [1.165, 1.54) is 0 Å². The molecular formula is C19H26O5. The average Bonchev–Trinajstić information content (AvgIpc) is 3.00. The smallest absolute Gasteiger partial charge is 0.466 e. The van der Waals surface area contributed by atoms with Gasteiger partial charge in [0.15, 0.2) is 0 Å². The molecule has 0 spiro atoms. The van der Waals surface area contributed by atoms with Gasteiger partial charge in [0.2, 0.25) is 0 Å². The van der Waals surface area contributed by atoms with Crippen molar-refractivity contribution in [1.82, 2.24) is 0 Å². The first-order chi connectivity index (χ1) is 11.5. The highest BCUT2D eigenvalue weighted by Gasteiger charge is 2.41. The van der Waals surface area contributed by atoms with Crippen molar-refractivity contribution in [1.29, 1.82) is 0 Å². The standard InChI is InChI=1S/C19H26O5/c1-2-23-17(20)16(11-10-15-8-4-3-5-9-15)14-19(24-18(21)22)12-6-7-13-19/h3-5,8-9,16H,2,6-7,10-14H2,1H3,(H,21,22). The number of hydrogen-bond acceptors (Lipinski definition) is 4. The summed E-state index contributed by atoms with van der Waals surface area (Å²) in [5.41, 5.74) is 0.423. The lowest BCUT2D eigenvalue weighted by Gasteiger charge is -2.31. The van der Waals surface area contributed by atoms with Crippen LogP contribution in [0.25, 0.3) is 0 Å². The Hall–Kier alpha value is -2.04. The van der Waals surface area contributed by atoms with Crippen LogP contribution < -0.4 is 0 Å². The van der Waals surface area contributed by atoms with E-state index in [0.717, 1.165) is 24.8 Å². The van der Waals surface area contributed by atoms with Gasteiger partial charge in [-0.1, -0.05) is 30.3 Å². The van der Waals surface area contributed by atoms with Gasteiger partial charge in [0, 0.05) is 6.42 Å². The first-order valence-electron chi connectivity index (χ1n) is 8.67. The molecule has 0 radical (unpaired) electrons. The molecule has 5 heteroatoms. The van der Waals surface area contributed by atoms with Crippen LogP contribution in [0, 0.1) is 5.92 Å². The fraction of sp³-hybridized carbons (Fsp3) is 0.579. The molecule has 2 rings (SSSR count). The average molecular weight is 334 g/mol. The van der Waals surface area contributed by atoms with Crippen molar-refractivity contribution in [3.05, 3.63) is 35.9 Å². The van der Waals surface area contributed by atoms with Gasteiger partial charge in [0.25, 0.3) is 0 Å². The number of rotatable bonds is 8. The zero-order valence-corrected chi connectivity index (χ0v) is 14.2. The van der Waals surface area contributed by atoms with E-state index in [-0.39, 0.29) is 11.9 Å². The third-order valence-electron chi connectivity index (χ3n) is 4.68. The van der Waals surface area contributed by atoms with E-state index in [0.29, 0.717) is 32.3 Å². The molecule has 5 nitrogen and oxygen atoms in total. The molecule has 1 saturated carbocycles. The lowest BCUT2D eigenvalue weighted by atomic mass is 9.85. The summed E-state index contributed by atoms with van der Waals surface area (Å²) in [6.07, 6.45) is 3.76. The number of ether oxygens (including phenoxy) is 2. The molecule has 0 saturated heterocycles. The summed E-state index contributed by atoms with van der Waals surface area (Å²) in [7, 11) is 0. The fourth-order valence-corrected chi connectivity index (χ4v) is 3.55. The van der Waals surface area contributed by atoms with Crippen LogP contribution in [-0.4, -0.2) is 29.4 Å². The van der Waals surface area contributed by atoms with E-state index in [1.807, 2.05) is 30.3 Å². The first kappa shape index (κ1) is 18.3. The number of esters is 1. The maximum absolute atomic E-state index is 12.4. The molecule has 24 heavy (non-hydrogen) atoms. The van der Waals surface area contributed by atoms with Crippen molar-refractivity contribution in [3.8, 4) is 0 Å². The highest BCUT2D eigenvalue weighted by atomic mass is 16.7. The van der Waals surface area contributed by atoms with Crippen LogP contribution >= 0.6 is 0 Å². The van der Waals surface area contributed by atoms with Gasteiger partial charge < -0.3 is 14.6 Å². The van der Waals surface area contributed by atoms with E-state index >= 15 is 0 Å². The molecule has 0 heterocycles. The van der Waals surface area contributed by atoms with Crippen molar-refractivity contribution < 1.29 is 24.2 Å². The van der Waals surface area contributed by atoms with E-state index in [9.17, 15) is 9.59 Å². The maximum Gasteiger partial charge on any atom is 0.506 e. The Balaban J connectivity index is 2.06. The zero-order chi connectivity index (χ0) is 17.4. The quantitative estimate of drug-likeness (QED) is 0.721. The second-order valence-electron chi connectivity index (χ2n) is 6.44. The lowest BCUT2D eigenvalue weighted by molar-refractivity contribution is -0.151. The van der Waals surface area contributed by atoms with Gasteiger partial charge in [-0.05, 0) is 51.0 Å². The topological polar surface area (TPSA) is 72.8 Å². The molecule has 1 aromatic rings. The molecule has 0 bridgehead atoms. The van der Waals surface area contributed by atoms with Gasteiger partial charge in [0.05, 0.1) is 12.5 Å². The van der Waals surface area contributed by atoms with Crippen molar-refractivity contribution in [3.63, 3.8) is 0 Å². The summed E-state index contributed by atoms with van der Waals surface area (Å²) < 4.78 is 10.4. The number of carbonyl (C=O) groups excluding carboxylic acids is 1. The molecule has 132 valence electrons. The van der Waals surface area contributed by atoms with Crippen molar-refractivity contribution in [2.75, 3.05) is 6.61 Å². The summed E-state index contributed by atoms with van der Waals surface area (Å²) in [6, 6.07) is 9.96. The van der Waals surface area contributed by atoms with E-state index < -0.39 is 11.8 Å². The summed E-state index contributed by atoms with van der Waals surface area (Å²) in [5, 5.41) is 9.06. The first-order valence-corrected chi connectivity index (χ1v) is 8.67. The highest BCUT2D eigenvalue weighted by Crippen LogP contribution is 2.39. The van der Waals surface area contributed by atoms with Gasteiger partial charge in [-0.3, -0.25) is 4.79 Å². The van der Waals surface area contributed by atoms with Gasteiger partial charge in [-0.15, -0.1) is 0 Å². The minimum Gasteiger partial charge on any atom is -0.466 e. The Labute approximate surface area is 143 Å². The van der Waals surface area contributed by atoms with Crippen LogP contribution in [0.15, 0.2) is 30.3 Å². The fourth-order valence-electron chi connectivity index (χ4n) is 3.55. The normalized spacial score (nSPS) is 17.2. The summed E-state index contributed by atoms with van der Waals surface area (Å²) in [4.78, 5) is 23.4. The van der Waals surface area contributed by atoms with Crippen molar-refractivity contribution in [2.45, 2.75) is 57.5 Å². The molecule has 1 aromatic carbocycles. The molecule has 0 aliphatic heterocycles. The largest absolute Gasteiger partial charge is 0.506 e. The van der Waals surface area contributed by atoms with Crippen LogP contribution in [0.2, 0.25) is 0 Å². The molecule has 1 aliphatic carbocycles. The molecule has 1 fully saturated rings. The molecule has 1 N–H and O–H groups in total. The summed E-state index contributed by atoms with van der Waals surface area (Å²) in [6.45, 7) is 2.11. The SMILES string of the molecule is CCOC(=O)C(CCc1ccccc1)CC1(OC(=O)O)CCCC1. The van der Waals surface area contributed by atoms with Gasteiger partial charge in [-0.25, -0.2) is 4.79 Å². The predicted molar refractivity (Wildman–Crippen MR) is 89.8 cm³/mol. The molecule has 1 aliphatic rings. The second-order valence-corrected chi connectivity index (χ2v) is 6.44. The third kappa shape index (κ3) is 5.25. The minimum atomic E-state index is -1.26. The second kappa shape index (κ2) is 8.71. The number of hydrogen-bond donors (Lipinski definition) is 1. The van der Waals surface area contributed by atoms with Gasteiger partial charge in [-0.2, -0.15) is 0 Å². The summed E-state index contributed by atoms with van der Waals surface area (Å²) >= 11 is 0. The number of aryl methyl sites for hydroxylation is 1. The number of benzene rings is 1. The van der Waals surface area contributed by atoms with Crippen LogP contribution in [0.5, 0.6) is 0 Å². The van der Waals surface area contributed by atoms with Crippen molar-refractivity contribution in [2.24, 2.45) is 5.92 Å². The van der Waals surface area contributed by atoms with Crippen LogP contribution in [-0.2, 0) is 20.7 Å². The molecule has 1 atom stereocenters. The Morgan fingerprint density at radius 3 is 2.46 bits per heavy atom. The van der Waals surface area contributed by atoms with E-state index in [2.05, 4.69) is 0 Å². The number of carboxylic acid groups (broad SMARTS) is 1. The predicted octanol–water partition coefficient (Wildman–Crippen LogP) is 4.20. The van der Waals surface area contributed by atoms with Gasteiger partial charge >= 0.3 is 12.1 Å². The monoisotopic (exact) mass is 334 g/mol. The number of carbonyl (C=O) groups is 2.